The second kappa shape index (κ2) is 7.37. The van der Waals surface area contributed by atoms with Crippen molar-refractivity contribution in [2.24, 2.45) is 0 Å². The minimum absolute atomic E-state index is 0.130. The molecule has 2 aliphatic heterocycles. The average Bonchev–Trinajstić information content (AvgIpc) is 3.46. The van der Waals surface area contributed by atoms with Gasteiger partial charge in [-0.05, 0) is 43.3 Å². The SMILES string of the molecule is FC(F)(F)c1cc(-c2cccs2)nc2cc([C@@H]3CCN(C4CCOCC4)C3)nn12. The lowest BCUT2D eigenvalue weighted by Gasteiger charge is -2.30. The number of hydrogen-bond acceptors (Lipinski definition) is 5. The van der Waals surface area contributed by atoms with E-state index in [1.807, 2.05) is 11.4 Å². The fourth-order valence-electron chi connectivity index (χ4n) is 4.35. The summed E-state index contributed by atoms with van der Waals surface area (Å²) >= 11 is 1.38. The minimum Gasteiger partial charge on any atom is -0.381 e. The zero-order chi connectivity index (χ0) is 20.0. The number of alkyl halides is 3. The van der Waals surface area contributed by atoms with E-state index in [1.54, 1.807) is 12.1 Å². The van der Waals surface area contributed by atoms with Gasteiger partial charge < -0.3 is 4.74 Å². The number of hydrogen-bond donors (Lipinski definition) is 0. The number of fused-ring (bicyclic) bond motifs is 1. The third kappa shape index (κ3) is 3.67. The minimum atomic E-state index is -4.50. The molecule has 5 heterocycles. The maximum absolute atomic E-state index is 13.7. The predicted molar refractivity (Wildman–Crippen MR) is 104 cm³/mol. The van der Waals surface area contributed by atoms with Crippen molar-refractivity contribution in [2.45, 2.75) is 37.4 Å². The van der Waals surface area contributed by atoms with E-state index in [2.05, 4.69) is 15.0 Å². The molecule has 0 unspecified atom stereocenters. The molecule has 0 aliphatic carbocycles. The Hall–Kier alpha value is -1.97. The summed E-state index contributed by atoms with van der Waals surface area (Å²) in [5.41, 5.74) is 0.501. The molecule has 0 bridgehead atoms. The van der Waals surface area contributed by atoms with E-state index in [9.17, 15) is 13.2 Å². The van der Waals surface area contributed by atoms with Gasteiger partial charge in [-0.15, -0.1) is 11.3 Å². The normalized spacial score (nSPS) is 22.0. The topological polar surface area (TPSA) is 42.7 Å². The zero-order valence-electron chi connectivity index (χ0n) is 15.7. The quantitative estimate of drug-likeness (QED) is 0.626. The van der Waals surface area contributed by atoms with Crippen LogP contribution in [-0.4, -0.2) is 51.8 Å². The van der Waals surface area contributed by atoms with Crippen LogP contribution in [0.1, 0.15) is 36.6 Å². The van der Waals surface area contributed by atoms with Gasteiger partial charge in [0.05, 0.1) is 16.3 Å². The Morgan fingerprint density at radius 1 is 1.14 bits per heavy atom. The second-order valence-corrected chi connectivity index (χ2v) is 8.61. The largest absolute Gasteiger partial charge is 0.433 e. The van der Waals surface area contributed by atoms with Crippen LogP contribution in [0.3, 0.4) is 0 Å². The van der Waals surface area contributed by atoms with Crippen molar-refractivity contribution in [3.63, 3.8) is 0 Å². The van der Waals surface area contributed by atoms with E-state index in [0.717, 1.165) is 56.1 Å². The van der Waals surface area contributed by atoms with Crippen LogP contribution in [-0.2, 0) is 10.9 Å². The van der Waals surface area contributed by atoms with Crippen LogP contribution < -0.4 is 0 Å². The average molecular weight is 422 g/mol. The van der Waals surface area contributed by atoms with Crippen molar-refractivity contribution in [2.75, 3.05) is 26.3 Å². The predicted octanol–water partition coefficient (Wildman–Crippen LogP) is 4.44. The molecule has 2 saturated heterocycles. The molecule has 1 atom stereocenters. The highest BCUT2D eigenvalue weighted by Crippen LogP contribution is 2.35. The van der Waals surface area contributed by atoms with Gasteiger partial charge in [0.25, 0.3) is 0 Å². The summed E-state index contributed by atoms with van der Waals surface area (Å²) in [5, 5.41) is 6.18. The first-order chi connectivity index (χ1) is 14.0. The lowest BCUT2D eigenvalue weighted by atomic mass is 10.0. The Bertz CT molecular complexity index is 995. The Morgan fingerprint density at radius 2 is 1.97 bits per heavy atom. The number of ether oxygens (including phenoxy) is 1. The van der Waals surface area contributed by atoms with Crippen molar-refractivity contribution in [1.29, 1.82) is 0 Å². The van der Waals surface area contributed by atoms with Crippen molar-refractivity contribution in [3.8, 4) is 10.6 Å². The maximum Gasteiger partial charge on any atom is 0.433 e. The van der Waals surface area contributed by atoms with E-state index < -0.39 is 11.9 Å². The molecule has 0 radical (unpaired) electrons. The molecule has 29 heavy (non-hydrogen) atoms. The van der Waals surface area contributed by atoms with E-state index >= 15 is 0 Å². The number of nitrogens with zero attached hydrogens (tertiary/aromatic N) is 4. The molecule has 3 aromatic heterocycles. The van der Waals surface area contributed by atoms with Gasteiger partial charge in [0.1, 0.15) is 0 Å². The molecule has 5 rings (SSSR count). The van der Waals surface area contributed by atoms with Gasteiger partial charge in [-0.25, -0.2) is 9.50 Å². The Balaban J connectivity index is 1.48. The number of halogens is 3. The molecule has 0 spiro atoms. The summed E-state index contributed by atoms with van der Waals surface area (Å²) in [4.78, 5) is 7.63. The van der Waals surface area contributed by atoms with Gasteiger partial charge in [0.2, 0.25) is 0 Å². The van der Waals surface area contributed by atoms with Crippen LogP contribution in [0.2, 0.25) is 0 Å². The van der Waals surface area contributed by atoms with Crippen LogP contribution in [0.15, 0.2) is 29.6 Å². The molecule has 5 nitrogen and oxygen atoms in total. The number of likely N-dealkylation sites (tertiary alicyclic amines) is 1. The zero-order valence-corrected chi connectivity index (χ0v) is 16.5. The van der Waals surface area contributed by atoms with Crippen LogP contribution >= 0.6 is 11.3 Å². The van der Waals surface area contributed by atoms with Gasteiger partial charge in [-0.3, -0.25) is 4.90 Å². The molecule has 0 N–H and O–H groups in total. The fourth-order valence-corrected chi connectivity index (χ4v) is 5.04. The molecular formula is C20H21F3N4OS. The lowest BCUT2D eigenvalue weighted by molar-refractivity contribution is -0.142. The molecule has 2 fully saturated rings. The highest BCUT2D eigenvalue weighted by atomic mass is 32.1. The standard InChI is InChI=1S/C20H21F3N4OS/c21-20(22,23)18-10-16(17-2-1-9-29-17)24-19-11-15(25-27(18)19)13-3-6-26(12-13)14-4-7-28-8-5-14/h1-2,9-11,13-14H,3-8,12H2/t13-/m1/s1. The van der Waals surface area contributed by atoms with E-state index in [0.29, 0.717) is 22.3 Å². The Morgan fingerprint density at radius 3 is 2.69 bits per heavy atom. The highest BCUT2D eigenvalue weighted by Gasteiger charge is 2.37. The second-order valence-electron chi connectivity index (χ2n) is 7.66. The number of thiophene rings is 1. The van der Waals surface area contributed by atoms with E-state index in [4.69, 9.17) is 4.74 Å². The lowest BCUT2D eigenvalue weighted by Crippen LogP contribution is -2.37. The van der Waals surface area contributed by atoms with E-state index in [-0.39, 0.29) is 11.6 Å². The van der Waals surface area contributed by atoms with Gasteiger partial charge in [0, 0.05) is 37.8 Å². The summed E-state index contributed by atoms with van der Waals surface area (Å²) in [6.07, 6.45) is -1.57. The monoisotopic (exact) mass is 422 g/mol. The first-order valence-electron chi connectivity index (χ1n) is 9.82. The van der Waals surface area contributed by atoms with Crippen LogP contribution in [0.5, 0.6) is 0 Å². The molecule has 2 aliphatic rings. The van der Waals surface area contributed by atoms with Crippen molar-refractivity contribution in [1.82, 2.24) is 19.5 Å². The smallest absolute Gasteiger partial charge is 0.381 e. The third-order valence-corrected chi connectivity index (χ3v) is 6.75. The van der Waals surface area contributed by atoms with Crippen LogP contribution in [0.25, 0.3) is 16.2 Å². The summed E-state index contributed by atoms with van der Waals surface area (Å²) in [6, 6.07) is 6.91. The van der Waals surface area contributed by atoms with Crippen molar-refractivity contribution in [3.05, 3.63) is 41.0 Å². The van der Waals surface area contributed by atoms with Crippen molar-refractivity contribution >= 4 is 17.0 Å². The first kappa shape index (κ1) is 19.0. The molecule has 0 aromatic carbocycles. The van der Waals surface area contributed by atoms with Gasteiger partial charge >= 0.3 is 6.18 Å². The highest BCUT2D eigenvalue weighted by molar-refractivity contribution is 7.13. The fraction of sp³-hybridized carbons (Fsp3) is 0.500. The molecule has 3 aromatic rings. The van der Waals surface area contributed by atoms with E-state index in [1.165, 1.54) is 11.3 Å². The number of aromatic nitrogens is 3. The van der Waals surface area contributed by atoms with Crippen molar-refractivity contribution < 1.29 is 17.9 Å². The first-order valence-corrected chi connectivity index (χ1v) is 10.7. The molecule has 154 valence electrons. The van der Waals surface area contributed by atoms with Crippen LogP contribution in [0.4, 0.5) is 13.2 Å². The molecule has 9 heteroatoms. The molecule has 0 amide bonds. The molecule has 0 saturated carbocycles. The Kier molecular flexibility index (Phi) is 4.84. The summed E-state index contributed by atoms with van der Waals surface area (Å²) in [5.74, 6) is 0.130. The Labute approximate surface area is 170 Å². The maximum atomic E-state index is 13.7. The van der Waals surface area contributed by atoms with Gasteiger partial charge in [0.15, 0.2) is 11.3 Å². The summed E-state index contributed by atoms with van der Waals surface area (Å²) < 4.78 is 47.6. The van der Waals surface area contributed by atoms with Crippen LogP contribution in [0, 0.1) is 0 Å². The molecular weight excluding hydrogens is 401 g/mol. The summed E-state index contributed by atoms with van der Waals surface area (Å²) in [6.45, 7) is 3.34. The summed E-state index contributed by atoms with van der Waals surface area (Å²) in [7, 11) is 0. The number of rotatable bonds is 3. The van der Waals surface area contributed by atoms with Gasteiger partial charge in [-0.1, -0.05) is 6.07 Å². The third-order valence-electron chi connectivity index (χ3n) is 5.86. The van der Waals surface area contributed by atoms with Gasteiger partial charge in [-0.2, -0.15) is 18.3 Å².